The molecule has 0 aromatic heterocycles. The molecule has 0 fully saturated rings. The first-order chi connectivity index (χ1) is 11.5. The Hall–Kier alpha value is -2.63. The number of amides is 1. The maximum atomic E-state index is 12.4. The molecule has 0 spiro atoms. The topological polar surface area (TPSA) is 64.3 Å². The van der Waals surface area contributed by atoms with Crippen LogP contribution in [-0.2, 0) is 6.42 Å². The standard InChI is InChI=1S/C18H18F2N2O2/c19-18(20)24-14-7-4-11(5-8-14)17(23)22-16-3-1-2-12-10-13(21)6-9-15(12)16/h4-10,16,18H,1-3,21H2,(H,22,23). The zero-order chi connectivity index (χ0) is 17.1. The molecule has 6 heteroatoms. The van der Waals surface area contributed by atoms with Gasteiger partial charge in [0.15, 0.2) is 0 Å². The van der Waals surface area contributed by atoms with Gasteiger partial charge in [-0.15, -0.1) is 0 Å². The van der Waals surface area contributed by atoms with Gasteiger partial charge in [-0.05, 0) is 66.8 Å². The van der Waals surface area contributed by atoms with Crippen molar-refractivity contribution in [2.24, 2.45) is 0 Å². The Kier molecular flexibility index (Phi) is 4.64. The zero-order valence-corrected chi connectivity index (χ0v) is 13.0. The summed E-state index contributed by atoms with van der Waals surface area (Å²) in [4.78, 5) is 12.4. The molecule has 1 unspecified atom stereocenters. The third kappa shape index (κ3) is 3.64. The van der Waals surface area contributed by atoms with Crippen LogP contribution in [0.4, 0.5) is 14.5 Å². The number of benzene rings is 2. The molecule has 1 amide bonds. The normalized spacial score (nSPS) is 16.5. The highest BCUT2D eigenvalue weighted by atomic mass is 19.3. The number of rotatable bonds is 4. The van der Waals surface area contributed by atoms with Crippen molar-refractivity contribution in [1.29, 1.82) is 0 Å². The first-order valence-electron chi connectivity index (χ1n) is 7.77. The van der Waals surface area contributed by atoms with E-state index >= 15 is 0 Å². The minimum absolute atomic E-state index is 0.0278. The summed E-state index contributed by atoms with van der Waals surface area (Å²) in [7, 11) is 0. The van der Waals surface area contributed by atoms with Crippen molar-refractivity contribution in [3.8, 4) is 5.75 Å². The molecule has 2 aromatic carbocycles. The van der Waals surface area contributed by atoms with E-state index in [0.717, 1.165) is 36.1 Å². The fourth-order valence-corrected chi connectivity index (χ4v) is 3.01. The van der Waals surface area contributed by atoms with Gasteiger partial charge >= 0.3 is 6.61 Å². The van der Waals surface area contributed by atoms with E-state index in [1.54, 1.807) is 0 Å². The van der Waals surface area contributed by atoms with Gasteiger partial charge in [-0.1, -0.05) is 6.07 Å². The maximum absolute atomic E-state index is 12.4. The lowest BCUT2D eigenvalue weighted by atomic mass is 9.87. The number of hydrogen-bond donors (Lipinski definition) is 2. The molecule has 3 rings (SSSR count). The second kappa shape index (κ2) is 6.86. The van der Waals surface area contributed by atoms with Gasteiger partial charge in [-0.25, -0.2) is 0 Å². The molecule has 1 aliphatic rings. The quantitative estimate of drug-likeness (QED) is 0.840. The van der Waals surface area contributed by atoms with Crippen molar-refractivity contribution in [3.63, 3.8) is 0 Å². The molecule has 0 bridgehead atoms. The number of anilines is 1. The van der Waals surface area contributed by atoms with E-state index in [9.17, 15) is 13.6 Å². The van der Waals surface area contributed by atoms with Crippen LogP contribution in [-0.4, -0.2) is 12.5 Å². The van der Waals surface area contributed by atoms with Gasteiger partial charge in [0.2, 0.25) is 0 Å². The van der Waals surface area contributed by atoms with Gasteiger partial charge in [0.25, 0.3) is 5.91 Å². The summed E-state index contributed by atoms with van der Waals surface area (Å²) in [6.07, 6.45) is 2.78. The first kappa shape index (κ1) is 16.2. The average Bonchev–Trinajstić information content (AvgIpc) is 2.55. The van der Waals surface area contributed by atoms with E-state index in [1.165, 1.54) is 24.3 Å². The van der Waals surface area contributed by atoms with Crippen LogP contribution in [0.3, 0.4) is 0 Å². The lowest BCUT2D eigenvalue weighted by Crippen LogP contribution is -2.31. The Morgan fingerprint density at radius 1 is 1.21 bits per heavy atom. The number of hydrogen-bond acceptors (Lipinski definition) is 3. The van der Waals surface area contributed by atoms with Crippen LogP contribution in [0, 0.1) is 0 Å². The van der Waals surface area contributed by atoms with Crippen LogP contribution in [0.1, 0.15) is 40.4 Å². The maximum Gasteiger partial charge on any atom is 0.387 e. The van der Waals surface area contributed by atoms with Crippen LogP contribution in [0.15, 0.2) is 42.5 Å². The number of nitrogen functional groups attached to an aromatic ring is 1. The number of aryl methyl sites for hydroxylation is 1. The summed E-state index contributed by atoms with van der Waals surface area (Å²) in [5, 5.41) is 3.00. The number of ether oxygens (including phenoxy) is 1. The van der Waals surface area contributed by atoms with Gasteiger partial charge in [0.05, 0.1) is 6.04 Å². The van der Waals surface area contributed by atoms with Gasteiger partial charge in [-0.3, -0.25) is 4.79 Å². The molecule has 0 radical (unpaired) electrons. The lowest BCUT2D eigenvalue weighted by molar-refractivity contribution is -0.0498. The van der Waals surface area contributed by atoms with Crippen LogP contribution in [0.2, 0.25) is 0 Å². The minimum Gasteiger partial charge on any atom is -0.435 e. The van der Waals surface area contributed by atoms with E-state index in [0.29, 0.717) is 5.56 Å². The smallest absolute Gasteiger partial charge is 0.387 e. The molecule has 1 aliphatic carbocycles. The highest BCUT2D eigenvalue weighted by molar-refractivity contribution is 5.94. The predicted octanol–water partition coefficient (Wildman–Crippen LogP) is 3.68. The Morgan fingerprint density at radius 2 is 1.96 bits per heavy atom. The molecule has 0 aliphatic heterocycles. The molecule has 1 atom stereocenters. The molecule has 3 N–H and O–H groups in total. The molecule has 0 saturated carbocycles. The van der Waals surface area contributed by atoms with Gasteiger partial charge in [0, 0.05) is 11.3 Å². The Labute approximate surface area is 138 Å². The van der Waals surface area contributed by atoms with Crippen molar-refractivity contribution in [1.82, 2.24) is 5.32 Å². The number of fused-ring (bicyclic) bond motifs is 1. The lowest BCUT2D eigenvalue weighted by Gasteiger charge is -2.26. The third-order valence-corrected chi connectivity index (χ3v) is 4.13. The van der Waals surface area contributed by atoms with Crippen molar-refractivity contribution >= 4 is 11.6 Å². The molecule has 24 heavy (non-hydrogen) atoms. The molecular weight excluding hydrogens is 314 g/mol. The second-order valence-electron chi connectivity index (χ2n) is 5.78. The average molecular weight is 332 g/mol. The predicted molar refractivity (Wildman–Crippen MR) is 87.1 cm³/mol. The molecular formula is C18H18F2N2O2. The second-order valence-corrected chi connectivity index (χ2v) is 5.78. The van der Waals surface area contributed by atoms with E-state index < -0.39 is 6.61 Å². The summed E-state index contributed by atoms with van der Waals surface area (Å²) < 4.78 is 28.6. The Bertz CT molecular complexity index is 732. The van der Waals surface area contributed by atoms with E-state index in [-0.39, 0.29) is 17.7 Å². The fraction of sp³-hybridized carbons (Fsp3) is 0.278. The van der Waals surface area contributed by atoms with Crippen molar-refractivity contribution in [3.05, 3.63) is 59.2 Å². The molecule has 2 aromatic rings. The largest absolute Gasteiger partial charge is 0.435 e. The van der Waals surface area contributed by atoms with Crippen LogP contribution in [0.5, 0.6) is 5.75 Å². The van der Waals surface area contributed by atoms with E-state index in [1.807, 2.05) is 18.2 Å². The summed E-state index contributed by atoms with van der Waals surface area (Å²) >= 11 is 0. The number of carbonyl (C=O) groups excluding carboxylic acids is 1. The van der Waals surface area contributed by atoms with Crippen molar-refractivity contribution < 1.29 is 18.3 Å². The Morgan fingerprint density at radius 3 is 2.67 bits per heavy atom. The highest BCUT2D eigenvalue weighted by Gasteiger charge is 2.22. The van der Waals surface area contributed by atoms with Crippen LogP contribution >= 0.6 is 0 Å². The molecule has 4 nitrogen and oxygen atoms in total. The van der Waals surface area contributed by atoms with Crippen LogP contribution in [0.25, 0.3) is 0 Å². The minimum atomic E-state index is -2.88. The van der Waals surface area contributed by atoms with E-state index in [2.05, 4.69) is 10.1 Å². The number of halogens is 2. The molecule has 0 saturated heterocycles. The fourth-order valence-electron chi connectivity index (χ4n) is 3.01. The van der Waals surface area contributed by atoms with Gasteiger partial charge in [-0.2, -0.15) is 8.78 Å². The van der Waals surface area contributed by atoms with E-state index in [4.69, 9.17) is 5.73 Å². The Balaban J connectivity index is 1.72. The highest BCUT2D eigenvalue weighted by Crippen LogP contribution is 2.31. The number of nitrogens with one attached hydrogen (secondary N) is 1. The third-order valence-electron chi connectivity index (χ3n) is 4.13. The first-order valence-corrected chi connectivity index (χ1v) is 7.77. The summed E-state index contributed by atoms with van der Waals surface area (Å²) in [5.74, 6) is -0.215. The summed E-state index contributed by atoms with van der Waals surface area (Å²) in [5.41, 5.74) is 9.18. The summed E-state index contributed by atoms with van der Waals surface area (Å²) in [6.45, 7) is -2.88. The SMILES string of the molecule is Nc1ccc2c(c1)CCCC2NC(=O)c1ccc(OC(F)F)cc1. The molecule has 0 heterocycles. The molecule has 126 valence electrons. The van der Waals surface area contributed by atoms with Crippen LogP contribution < -0.4 is 15.8 Å². The van der Waals surface area contributed by atoms with Gasteiger partial charge in [0.1, 0.15) is 5.75 Å². The van der Waals surface area contributed by atoms with Crippen molar-refractivity contribution in [2.75, 3.05) is 5.73 Å². The number of carbonyl (C=O) groups is 1. The zero-order valence-electron chi connectivity index (χ0n) is 13.0. The number of alkyl halides is 2. The van der Waals surface area contributed by atoms with Gasteiger partial charge < -0.3 is 15.8 Å². The van der Waals surface area contributed by atoms with Crippen molar-refractivity contribution in [2.45, 2.75) is 31.9 Å². The number of nitrogens with two attached hydrogens (primary N) is 1. The monoisotopic (exact) mass is 332 g/mol. The summed E-state index contributed by atoms with van der Waals surface area (Å²) in [6, 6.07) is 11.3.